The Bertz CT molecular complexity index is 1140. The number of benzene rings is 3. The SMILES string of the molecule is N#Cc1ccc(-c2cc(F)c(C(F)(F)Oc3ccc(C(F)(F)F)c(F)c3)c(F)c2)cc1. The molecule has 31 heavy (non-hydrogen) atoms. The second-order valence-corrected chi connectivity index (χ2v) is 6.26. The molecule has 0 atom stereocenters. The Morgan fingerprint density at radius 3 is 1.77 bits per heavy atom. The lowest BCUT2D eigenvalue weighted by Gasteiger charge is -2.20. The molecule has 3 aromatic rings. The molecule has 0 bridgehead atoms. The molecule has 0 amide bonds. The summed E-state index contributed by atoms with van der Waals surface area (Å²) in [5.74, 6) is -6.35. The second-order valence-electron chi connectivity index (χ2n) is 6.26. The van der Waals surface area contributed by atoms with Gasteiger partial charge in [0.05, 0.1) is 17.2 Å². The molecule has 0 N–H and O–H groups in total. The Morgan fingerprint density at radius 2 is 1.29 bits per heavy atom. The summed E-state index contributed by atoms with van der Waals surface area (Å²) in [5.41, 5.74) is -3.13. The van der Waals surface area contributed by atoms with E-state index < -0.39 is 46.6 Å². The second kappa shape index (κ2) is 7.91. The largest absolute Gasteiger partial charge is 0.432 e. The van der Waals surface area contributed by atoms with Crippen molar-refractivity contribution in [3.05, 3.63) is 88.7 Å². The van der Waals surface area contributed by atoms with E-state index in [0.29, 0.717) is 18.2 Å². The standard InChI is InChI=1S/C21H9F8NO/c22-16-9-14(5-6-15(16)20(25,26)27)31-21(28,29)19-17(23)7-13(8-18(19)24)12-3-1-11(10-30)2-4-12/h1-9H. The zero-order chi connectivity index (χ0) is 23.0. The minimum atomic E-state index is -5.06. The highest BCUT2D eigenvalue weighted by atomic mass is 19.4. The number of hydrogen-bond acceptors (Lipinski definition) is 2. The first kappa shape index (κ1) is 22.1. The summed E-state index contributed by atoms with van der Waals surface area (Å²) in [6, 6.07) is 9.08. The van der Waals surface area contributed by atoms with Crippen LogP contribution in [0, 0.1) is 28.8 Å². The maximum atomic E-state index is 14.4. The lowest BCUT2D eigenvalue weighted by Crippen LogP contribution is -2.25. The van der Waals surface area contributed by atoms with Crippen molar-refractivity contribution >= 4 is 0 Å². The molecule has 0 unspecified atom stereocenters. The maximum absolute atomic E-state index is 14.4. The van der Waals surface area contributed by atoms with Gasteiger partial charge >= 0.3 is 12.3 Å². The maximum Gasteiger partial charge on any atom is 0.432 e. The molecule has 0 radical (unpaired) electrons. The van der Waals surface area contributed by atoms with Crippen LogP contribution in [0.2, 0.25) is 0 Å². The molecule has 0 saturated carbocycles. The summed E-state index contributed by atoms with van der Waals surface area (Å²) in [6.45, 7) is 0. The van der Waals surface area contributed by atoms with Gasteiger partial charge in [-0.1, -0.05) is 12.1 Å². The van der Waals surface area contributed by atoms with Gasteiger partial charge in [0.1, 0.15) is 28.8 Å². The Kier molecular flexibility index (Phi) is 5.63. The predicted molar refractivity (Wildman–Crippen MR) is 92.4 cm³/mol. The number of alkyl halides is 5. The fraction of sp³-hybridized carbons (Fsp3) is 0.0952. The normalized spacial score (nSPS) is 11.8. The number of rotatable bonds is 4. The molecule has 0 heterocycles. The van der Waals surface area contributed by atoms with Crippen LogP contribution in [0.15, 0.2) is 54.6 Å². The van der Waals surface area contributed by atoms with Gasteiger partial charge in [-0.25, -0.2) is 13.2 Å². The van der Waals surface area contributed by atoms with Gasteiger partial charge in [0.15, 0.2) is 0 Å². The highest BCUT2D eigenvalue weighted by molar-refractivity contribution is 5.65. The van der Waals surface area contributed by atoms with Crippen LogP contribution < -0.4 is 4.74 Å². The molecular weight excluding hydrogens is 434 g/mol. The van der Waals surface area contributed by atoms with Gasteiger partial charge in [0.2, 0.25) is 0 Å². The lowest BCUT2D eigenvalue weighted by molar-refractivity contribution is -0.189. The van der Waals surface area contributed by atoms with Gasteiger partial charge in [-0.3, -0.25) is 0 Å². The van der Waals surface area contributed by atoms with E-state index >= 15 is 0 Å². The van der Waals surface area contributed by atoms with Crippen LogP contribution in [0.3, 0.4) is 0 Å². The Morgan fingerprint density at radius 1 is 0.710 bits per heavy atom. The summed E-state index contributed by atoms with van der Waals surface area (Å²) in [7, 11) is 0. The van der Waals surface area contributed by atoms with Gasteiger partial charge in [0, 0.05) is 6.07 Å². The van der Waals surface area contributed by atoms with Gasteiger partial charge < -0.3 is 4.74 Å². The molecular formula is C21H9F8NO. The molecule has 2 nitrogen and oxygen atoms in total. The topological polar surface area (TPSA) is 33.0 Å². The first-order chi connectivity index (χ1) is 14.4. The number of nitriles is 1. The van der Waals surface area contributed by atoms with Crippen LogP contribution in [0.1, 0.15) is 16.7 Å². The molecule has 0 aliphatic carbocycles. The van der Waals surface area contributed by atoms with Crippen molar-refractivity contribution in [3.63, 3.8) is 0 Å². The molecule has 0 saturated heterocycles. The Labute approximate surface area is 169 Å². The quantitative estimate of drug-likeness (QED) is 0.416. The average Bonchev–Trinajstić information content (AvgIpc) is 2.66. The van der Waals surface area contributed by atoms with Crippen molar-refractivity contribution in [1.29, 1.82) is 5.26 Å². The van der Waals surface area contributed by atoms with E-state index in [1.165, 1.54) is 24.3 Å². The van der Waals surface area contributed by atoms with Crippen LogP contribution in [0.4, 0.5) is 35.1 Å². The van der Waals surface area contributed by atoms with E-state index in [1.807, 2.05) is 6.07 Å². The van der Waals surface area contributed by atoms with E-state index in [4.69, 9.17) is 5.26 Å². The van der Waals surface area contributed by atoms with Crippen molar-refractivity contribution in [2.75, 3.05) is 0 Å². The smallest absolute Gasteiger partial charge is 0.429 e. The van der Waals surface area contributed by atoms with E-state index in [-0.39, 0.29) is 28.8 Å². The third-order valence-electron chi connectivity index (χ3n) is 4.17. The molecule has 0 aliphatic rings. The summed E-state index contributed by atoms with van der Waals surface area (Å²) in [4.78, 5) is 0. The Hall–Kier alpha value is -3.61. The lowest BCUT2D eigenvalue weighted by atomic mass is 10.0. The fourth-order valence-electron chi connectivity index (χ4n) is 2.74. The van der Waals surface area contributed by atoms with Crippen molar-refractivity contribution in [3.8, 4) is 22.9 Å². The summed E-state index contributed by atoms with van der Waals surface area (Å²) < 4.78 is 113. The molecule has 10 heteroatoms. The third kappa shape index (κ3) is 4.60. The summed E-state index contributed by atoms with van der Waals surface area (Å²) in [6.07, 6.45) is -9.73. The minimum absolute atomic E-state index is 0.0393. The van der Waals surface area contributed by atoms with Gasteiger partial charge in [-0.15, -0.1) is 0 Å². The Balaban J connectivity index is 1.94. The van der Waals surface area contributed by atoms with E-state index in [2.05, 4.69) is 4.74 Å². The molecule has 3 rings (SSSR count). The van der Waals surface area contributed by atoms with Crippen LogP contribution in [-0.4, -0.2) is 0 Å². The first-order valence-corrected chi connectivity index (χ1v) is 8.36. The average molecular weight is 443 g/mol. The summed E-state index contributed by atoms with van der Waals surface area (Å²) in [5, 5.41) is 8.76. The van der Waals surface area contributed by atoms with Gasteiger partial charge in [0.25, 0.3) is 0 Å². The minimum Gasteiger partial charge on any atom is -0.429 e. The molecule has 0 aliphatic heterocycles. The van der Waals surface area contributed by atoms with E-state index in [1.54, 1.807) is 0 Å². The molecule has 0 fully saturated rings. The van der Waals surface area contributed by atoms with Crippen LogP contribution >= 0.6 is 0 Å². The highest BCUT2D eigenvalue weighted by Gasteiger charge is 2.42. The van der Waals surface area contributed by atoms with Crippen LogP contribution in [0.25, 0.3) is 11.1 Å². The molecule has 160 valence electrons. The van der Waals surface area contributed by atoms with Crippen molar-refractivity contribution in [2.24, 2.45) is 0 Å². The number of ether oxygens (including phenoxy) is 1. The van der Waals surface area contributed by atoms with Crippen molar-refractivity contribution < 1.29 is 39.9 Å². The fourth-order valence-corrected chi connectivity index (χ4v) is 2.74. The van der Waals surface area contributed by atoms with Crippen molar-refractivity contribution in [2.45, 2.75) is 12.3 Å². The molecule has 3 aromatic carbocycles. The van der Waals surface area contributed by atoms with E-state index in [9.17, 15) is 35.1 Å². The molecule has 0 aromatic heterocycles. The number of nitrogens with zero attached hydrogens (tertiary/aromatic N) is 1. The molecule has 0 spiro atoms. The highest BCUT2D eigenvalue weighted by Crippen LogP contribution is 2.39. The van der Waals surface area contributed by atoms with Gasteiger partial charge in [-0.2, -0.15) is 27.2 Å². The zero-order valence-electron chi connectivity index (χ0n) is 15.1. The van der Waals surface area contributed by atoms with E-state index in [0.717, 1.165) is 0 Å². The first-order valence-electron chi connectivity index (χ1n) is 8.36. The predicted octanol–water partition coefficient (Wildman–Crippen LogP) is 6.79. The van der Waals surface area contributed by atoms with Crippen molar-refractivity contribution in [1.82, 2.24) is 0 Å². The summed E-state index contributed by atoms with van der Waals surface area (Å²) >= 11 is 0. The van der Waals surface area contributed by atoms with Crippen LogP contribution in [-0.2, 0) is 12.3 Å². The third-order valence-corrected chi connectivity index (χ3v) is 4.17. The van der Waals surface area contributed by atoms with Crippen LogP contribution in [0.5, 0.6) is 5.75 Å². The van der Waals surface area contributed by atoms with Gasteiger partial charge in [-0.05, 0) is 47.5 Å². The number of hydrogen-bond donors (Lipinski definition) is 0. The monoisotopic (exact) mass is 443 g/mol. The number of halogens is 8. The zero-order valence-corrected chi connectivity index (χ0v) is 15.1.